The Morgan fingerprint density at radius 1 is 0.552 bits per heavy atom. The first kappa shape index (κ1) is 49.3. The van der Waals surface area contributed by atoms with Gasteiger partial charge >= 0.3 is 0 Å². The lowest BCUT2D eigenvalue weighted by atomic mass is 9.86. The maximum atomic E-state index is 4.68. The Labute approximate surface area is 359 Å². The number of benzene rings is 2. The van der Waals surface area contributed by atoms with Crippen LogP contribution >= 0.6 is 0 Å². The van der Waals surface area contributed by atoms with Gasteiger partial charge in [0.2, 0.25) is 5.95 Å². The molecule has 1 aromatic heterocycles. The summed E-state index contributed by atoms with van der Waals surface area (Å²) in [5, 5.41) is 0. The van der Waals surface area contributed by atoms with Gasteiger partial charge in [-0.15, -0.1) is 0 Å². The second-order valence-corrected chi connectivity index (χ2v) is 19.2. The van der Waals surface area contributed by atoms with Crippen LogP contribution < -0.4 is 14.7 Å². The van der Waals surface area contributed by atoms with E-state index in [4.69, 9.17) is 0 Å². The standard InChI is InChI=1S/C19H31N.C17H27N.C15H25N3.C2H6/c1-6-15(4)18-7-8-19(16(5)13-18)20-11-9-17(10-12-20)14(2)3;1-13(2)15-5-7-17(8-6-15)18-11-9-16(10-12-18)14(3)4;1-11(2)13-6-9-18(10-7-13)15-16-8-5-14(17-15)12(3)4;1-2/h7-8,13-15,17H,6,9-12H2,1-5H3;5-8,13-14,16H,9-12H2,1-4H3;5,8,11-13H,6-7,9-10H2,1-4H3;1-2H3. The van der Waals surface area contributed by atoms with E-state index < -0.39 is 0 Å². The molecule has 0 radical (unpaired) electrons. The van der Waals surface area contributed by atoms with Crippen LogP contribution in [0.1, 0.15) is 182 Å². The van der Waals surface area contributed by atoms with Gasteiger partial charge in [-0.2, -0.15) is 0 Å². The van der Waals surface area contributed by atoms with Gasteiger partial charge in [0, 0.05) is 62.5 Å². The number of hydrogen-bond acceptors (Lipinski definition) is 5. The Morgan fingerprint density at radius 3 is 1.41 bits per heavy atom. The molecule has 1 atom stereocenters. The van der Waals surface area contributed by atoms with E-state index >= 15 is 0 Å². The largest absolute Gasteiger partial charge is 0.372 e. The number of piperidine rings is 3. The smallest absolute Gasteiger partial charge is 0.225 e. The lowest BCUT2D eigenvalue weighted by Gasteiger charge is -2.36. The summed E-state index contributed by atoms with van der Waals surface area (Å²) in [5.41, 5.74) is 8.39. The molecule has 2 aromatic carbocycles. The first-order valence-electron chi connectivity index (χ1n) is 24.0. The third kappa shape index (κ3) is 14.9. The third-order valence-electron chi connectivity index (χ3n) is 13.7. The Kier molecular flexibility index (Phi) is 21.1. The molecule has 3 aromatic rings. The summed E-state index contributed by atoms with van der Waals surface area (Å²) in [4.78, 5) is 16.6. The van der Waals surface area contributed by atoms with E-state index in [1.807, 2.05) is 26.1 Å². The second kappa shape index (κ2) is 24.9. The van der Waals surface area contributed by atoms with Crippen LogP contribution in [0.25, 0.3) is 0 Å². The molecule has 0 N–H and O–H groups in total. The van der Waals surface area contributed by atoms with Gasteiger partial charge in [-0.1, -0.05) is 121 Å². The van der Waals surface area contributed by atoms with E-state index in [9.17, 15) is 0 Å². The van der Waals surface area contributed by atoms with Crippen molar-refractivity contribution >= 4 is 17.3 Å². The van der Waals surface area contributed by atoms with Crippen molar-refractivity contribution < 1.29 is 0 Å². The predicted molar refractivity (Wildman–Crippen MR) is 257 cm³/mol. The van der Waals surface area contributed by atoms with Crippen LogP contribution in [0.5, 0.6) is 0 Å². The highest BCUT2D eigenvalue weighted by Crippen LogP contribution is 2.32. The van der Waals surface area contributed by atoms with Crippen LogP contribution in [0.3, 0.4) is 0 Å². The minimum atomic E-state index is 0.472. The van der Waals surface area contributed by atoms with Crippen LogP contribution in [-0.2, 0) is 0 Å². The van der Waals surface area contributed by atoms with E-state index in [1.54, 1.807) is 0 Å². The molecule has 3 aliphatic heterocycles. The van der Waals surface area contributed by atoms with Gasteiger partial charge in [-0.05, 0) is 146 Å². The van der Waals surface area contributed by atoms with Crippen LogP contribution in [0, 0.1) is 42.4 Å². The Bertz CT molecular complexity index is 1540. The second-order valence-electron chi connectivity index (χ2n) is 19.2. The van der Waals surface area contributed by atoms with Gasteiger partial charge in [0.15, 0.2) is 0 Å². The van der Waals surface area contributed by atoms with Crippen LogP contribution in [0.2, 0.25) is 0 Å². The van der Waals surface area contributed by atoms with Gasteiger partial charge in [0.1, 0.15) is 0 Å². The summed E-state index contributed by atoms with van der Waals surface area (Å²) in [6.45, 7) is 41.0. The molecule has 3 fully saturated rings. The minimum absolute atomic E-state index is 0.472. The van der Waals surface area contributed by atoms with Gasteiger partial charge in [0.05, 0.1) is 0 Å². The van der Waals surface area contributed by atoms with Crippen molar-refractivity contribution in [2.24, 2.45) is 35.5 Å². The zero-order valence-electron chi connectivity index (χ0n) is 40.3. The average molecular weight is 796 g/mol. The average Bonchev–Trinajstić information content (AvgIpc) is 3.24. The maximum Gasteiger partial charge on any atom is 0.225 e. The maximum absolute atomic E-state index is 4.68. The van der Waals surface area contributed by atoms with Crippen molar-refractivity contribution in [2.45, 2.75) is 167 Å². The lowest BCUT2D eigenvalue weighted by molar-refractivity contribution is 0.310. The summed E-state index contributed by atoms with van der Waals surface area (Å²) in [5.74, 6) is 7.90. The molecule has 0 bridgehead atoms. The highest BCUT2D eigenvalue weighted by Gasteiger charge is 2.25. The zero-order chi connectivity index (χ0) is 42.9. The van der Waals surface area contributed by atoms with E-state index in [-0.39, 0.29) is 0 Å². The Morgan fingerprint density at radius 2 is 1.00 bits per heavy atom. The molecule has 4 heterocycles. The first-order valence-corrected chi connectivity index (χ1v) is 24.0. The molecule has 0 saturated carbocycles. The van der Waals surface area contributed by atoms with Gasteiger partial charge in [0.25, 0.3) is 0 Å². The molecule has 1 unspecified atom stereocenters. The van der Waals surface area contributed by atoms with Gasteiger partial charge in [-0.25, -0.2) is 9.97 Å². The number of rotatable bonds is 10. The molecule has 326 valence electrons. The summed E-state index contributed by atoms with van der Waals surface area (Å²) < 4.78 is 0. The fourth-order valence-electron chi connectivity index (χ4n) is 8.88. The molecule has 58 heavy (non-hydrogen) atoms. The van der Waals surface area contributed by atoms with Crippen molar-refractivity contribution in [3.05, 3.63) is 77.1 Å². The molecular weight excluding hydrogens is 707 g/mol. The number of anilines is 3. The van der Waals surface area contributed by atoms with E-state index in [0.29, 0.717) is 17.8 Å². The molecule has 3 saturated heterocycles. The van der Waals surface area contributed by atoms with E-state index in [1.165, 1.54) is 99.2 Å². The molecule has 0 aliphatic carbocycles. The molecule has 3 aliphatic rings. The first-order chi connectivity index (χ1) is 27.7. The van der Waals surface area contributed by atoms with Gasteiger partial charge in [-0.3, -0.25) is 0 Å². The van der Waals surface area contributed by atoms with Crippen molar-refractivity contribution in [3.8, 4) is 0 Å². The molecule has 0 spiro atoms. The lowest BCUT2D eigenvalue weighted by Crippen LogP contribution is -2.36. The topological polar surface area (TPSA) is 35.5 Å². The fourth-order valence-corrected chi connectivity index (χ4v) is 8.88. The summed E-state index contributed by atoms with van der Waals surface area (Å²) in [7, 11) is 0. The monoisotopic (exact) mass is 796 g/mol. The van der Waals surface area contributed by atoms with Crippen LogP contribution in [-0.4, -0.2) is 49.2 Å². The van der Waals surface area contributed by atoms with Crippen molar-refractivity contribution in [2.75, 3.05) is 54.0 Å². The van der Waals surface area contributed by atoms with Crippen LogP contribution in [0.15, 0.2) is 54.7 Å². The third-order valence-corrected chi connectivity index (χ3v) is 13.7. The van der Waals surface area contributed by atoms with Gasteiger partial charge < -0.3 is 14.7 Å². The highest BCUT2D eigenvalue weighted by atomic mass is 15.3. The molecular formula is C53H89N5. The van der Waals surface area contributed by atoms with Crippen molar-refractivity contribution in [1.82, 2.24) is 9.97 Å². The minimum Gasteiger partial charge on any atom is -0.372 e. The Hall–Kier alpha value is -3.08. The molecule has 5 heteroatoms. The SMILES string of the molecule is CC.CC(C)c1ccc(N2CCC(C(C)C)CC2)cc1.CC(C)c1ccnc(N2CCC(C(C)C)CC2)n1.CCC(C)c1ccc(N2CCC(C(C)C)CC2)c(C)c1. The Balaban J connectivity index is 0.000000228. The predicted octanol–water partition coefficient (Wildman–Crippen LogP) is 14.6. The highest BCUT2D eigenvalue weighted by molar-refractivity contribution is 5.55. The van der Waals surface area contributed by atoms with Crippen LogP contribution in [0.4, 0.5) is 17.3 Å². The van der Waals surface area contributed by atoms with E-state index in [2.05, 4.69) is 157 Å². The molecule has 5 nitrogen and oxygen atoms in total. The summed E-state index contributed by atoms with van der Waals surface area (Å²) >= 11 is 0. The quantitative estimate of drug-likeness (QED) is 0.204. The normalized spacial score (nSPS) is 17.6. The summed E-state index contributed by atoms with van der Waals surface area (Å²) in [6.07, 6.45) is 11.1. The number of aryl methyl sites for hydroxylation is 1. The van der Waals surface area contributed by atoms with Crippen molar-refractivity contribution in [3.63, 3.8) is 0 Å². The number of hydrogen-bond donors (Lipinski definition) is 0. The zero-order valence-corrected chi connectivity index (χ0v) is 40.3. The summed E-state index contributed by atoms with van der Waals surface area (Å²) in [6, 6.07) is 18.3. The van der Waals surface area contributed by atoms with Crippen molar-refractivity contribution in [1.29, 1.82) is 0 Å². The molecule has 0 amide bonds. The number of nitrogens with zero attached hydrogens (tertiary/aromatic N) is 5. The number of aromatic nitrogens is 2. The fraction of sp³-hybridized carbons (Fsp3) is 0.698. The molecule has 6 rings (SSSR count). The van der Waals surface area contributed by atoms with E-state index in [0.717, 1.165) is 60.2 Å².